The van der Waals surface area contributed by atoms with Gasteiger partial charge >= 0.3 is 0 Å². The Morgan fingerprint density at radius 1 is 1.00 bits per heavy atom. The summed E-state index contributed by atoms with van der Waals surface area (Å²) in [4.78, 5) is 15.3. The topological polar surface area (TPSA) is 84.2 Å². The molecule has 1 aromatic carbocycles. The van der Waals surface area contributed by atoms with Gasteiger partial charge in [-0.05, 0) is 68.4 Å². The molecular formula is C26H32N4O4S. The molecule has 0 aliphatic carbocycles. The number of aryl methyl sites for hydroxylation is 3. The number of aromatic nitrogens is 2. The molecule has 8 nitrogen and oxygen atoms in total. The van der Waals surface area contributed by atoms with Crippen LogP contribution in [0.4, 0.5) is 0 Å². The highest BCUT2D eigenvalue weighted by Gasteiger charge is 2.32. The minimum absolute atomic E-state index is 0.0230. The van der Waals surface area contributed by atoms with Crippen LogP contribution in [0.15, 0.2) is 41.6 Å². The molecule has 35 heavy (non-hydrogen) atoms. The van der Waals surface area contributed by atoms with Gasteiger partial charge in [0.05, 0.1) is 35.4 Å². The van der Waals surface area contributed by atoms with E-state index in [9.17, 15) is 13.2 Å². The number of nitrogens with zero attached hydrogens (tertiary/aromatic N) is 4. The minimum Gasteiger partial charge on any atom is -0.378 e. The number of ether oxygens (including phenoxy) is 1. The molecule has 186 valence electrons. The van der Waals surface area contributed by atoms with Gasteiger partial charge in [-0.1, -0.05) is 17.7 Å². The summed E-state index contributed by atoms with van der Waals surface area (Å²) in [5, 5.41) is 4.37. The molecule has 9 heteroatoms. The summed E-state index contributed by atoms with van der Waals surface area (Å²) >= 11 is 0. The van der Waals surface area contributed by atoms with Crippen LogP contribution in [0.3, 0.4) is 0 Å². The second kappa shape index (κ2) is 9.37. The van der Waals surface area contributed by atoms with Crippen molar-refractivity contribution in [1.29, 1.82) is 0 Å². The fraction of sp³-hybridized carbons (Fsp3) is 0.462. The van der Waals surface area contributed by atoms with Gasteiger partial charge < -0.3 is 9.64 Å². The zero-order chi connectivity index (χ0) is 24.7. The van der Waals surface area contributed by atoms with Crippen molar-refractivity contribution in [2.45, 2.75) is 44.4 Å². The molecule has 5 rings (SSSR count). The Balaban J connectivity index is 1.34. The monoisotopic (exact) mass is 496 g/mol. The van der Waals surface area contributed by atoms with E-state index >= 15 is 0 Å². The third-order valence-electron chi connectivity index (χ3n) is 7.20. The predicted octanol–water partition coefficient (Wildman–Crippen LogP) is 3.30. The molecule has 2 aromatic heterocycles. The number of carbonyl (C=O) groups excluding carboxylic acids is 1. The maximum absolute atomic E-state index is 13.5. The molecule has 0 saturated carbocycles. The summed E-state index contributed by atoms with van der Waals surface area (Å²) in [6.45, 7) is 8.96. The molecule has 0 spiro atoms. The summed E-state index contributed by atoms with van der Waals surface area (Å²) < 4.78 is 35.6. The lowest BCUT2D eigenvalue weighted by Gasteiger charge is -2.32. The van der Waals surface area contributed by atoms with Gasteiger partial charge in [-0.15, -0.1) is 0 Å². The minimum atomic E-state index is -3.54. The Bertz CT molecular complexity index is 1340. The zero-order valence-electron chi connectivity index (χ0n) is 20.5. The lowest BCUT2D eigenvalue weighted by molar-refractivity contribution is 0.0304. The molecule has 0 N–H and O–H groups in total. The summed E-state index contributed by atoms with van der Waals surface area (Å²) in [5.41, 5.74) is 5.17. The van der Waals surface area contributed by atoms with Crippen LogP contribution in [0.5, 0.6) is 0 Å². The Hall–Kier alpha value is -2.75. The van der Waals surface area contributed by atoms with Crippen LogP contribution in [0.1, 0.15) is 51.4 Å². The van der Waals surface area contributed by atoms with E-state index in [1.54, 1.807) is 15.0 Å². The molecule has 2 aliphatic heterocycles. The smallest absolute Gasteiger partial charge is 0.257 e. The van der Waals surface area contributed by atoms with Gasteiger partial charge in [0.25, 0.3) is 5.91 Å². The van der Waals surface area contributed by atoms with Gasteiger partial charge in [-0.25, -0.2) is 12.9 Å². The second-order valence-electron chi connectivity index (χ2n) is 9.66. The standard InChI is InChI=1S/C26H32N4O4S/c1-18-14-19(2)25(20(3)15-18)35(32,33)29-7-4-21(5-8-29)22-6-9-30-24(16-22)23(17-27-30)26(31)28-10-12-34-13-11-28/h6,9,14-17,21H,4-5,7-8,10-13H2,1-3H3. The maximum atomic E-state index is 13.5. The van der Waals surface area contributed by atoms with E-state index in [2.05, 4.69) is 5.10 Å². The molecule has 0 atom stereocenters. The van der Waals surface area contributed by atoms with E-state index in [1.165, 1.54) is 0 Å². The average Bonchev–Trinajstić information content (AvgIpc) is 3.26. The van der Waals surface area contributed by atoms with Crippen LogP contribution < -0.4 is 0 Å². The van der Waals surface area contributed by atoms with Crippen LogP contribution in [0, 0.1) is 20.8 Å². The summed E-state index contributed by atoms with van der Waals surface area (Å²) in [6.07, 6.45) is 5.00. The Morgan fingerprint density at radius 2 is 1.66 bits per heavy atom. The molecule has 0 bridgehead atoms. The number of amides is 1. The van der Waals surface area contributed by atoms with Gasteiger partial charge in [-0.3, -0.25) is 4.79 Å². The molecule has 4 heterocycles. The van der Waals surface area contributed by atoms with Crippen LogP contribution in [0.2, 0.25) is 0 Å². The van der Waals surface area contributed by atoms with Gasteiger partial charge in [0.1, 0.15) is 0 Å². The quantitative estimate of drug-likeness (QED) is 0.553. The van der Waals surface area contributed by atoms with Crippen molar-refractivity contribution in [1.82, 2.24) is 18.8 Å². The van der Waals surface area contributed by atoms with Crippen molar-refractivity contribution >= 4 is 21.4 Å². The number of piperidine rings is 1. The molecule has 2 aliphatic rings. The van der Waals surface area contributed by atoms with Crippen molar-refractivity contribution in [3.63, 3.8) is 0 Å². The molecule has 2 saturated heterocycles. The number of hydrogen-bond acceptors (Lipinski definition) is 5. The van der Waals surface area contributed by atoms with Crippen molar-refractivity contribution in [2.75, 3.05) is 39.4 Å². The molecule has 0 unspecified atom stereocenters. The highest BCUT2D eigenvalue weighted by atomic mass is 32.2. The van der Waals surface area contributed by atoms with Gasteiger partial charge in [-0.2, -0.15) is 9.40 Å². The summed E-state index contributed by atoms with van der Waals surface area (Å²) in [5.74, 6) is 0.207. The number of fused-ring (bicyclic) bond motifs is 1. The van der Waals surface area contributed by atoms with Gasteiger partial charge in [0.15, 0.2) is 0 Å². The highest BCUT2D eigenvalue weighted by molar-refractivity contribution is 7.89. The first kappa shape index (κ1) is 24.0. The third-order valence-corrected chi connectivity index (χ3v) is 9.41. The molecule has 3 aromatic rings. The van der Waals surface area contributed by atoms with Crippen molar-refractivity contribution < 1.29 is 17.9 Å². The van der Waals surface area contributed by atoms with Gasteiger partial charge in [0, 0.05) is 32.4 Å². The number of benzene rings is 1. The fourth-order valence-corrected chi connectivity index (χ4v) is 7.37. The van der Waals surface area contributed by atoms with E-state index in [4.69, 9.17) is 4.74 Å². The van der Waals surface area contributed by atoms with E-state index in [1.807, 2.05) is 56.1 Å². The normalized spacial score (nSPS) is 18.3. The number of morpholine rings is 1. The Morgan fingerprint density at radius 3 is 2.31 bits per heavy atom. The average molecular weight is 497 g/mol. The van der Waals surface area contributed by atoms with E-state index in [0.29, 0.717) is 49.9 Å². The number of rotatable bonds is 4. The predicted molar refractivity (Wildman–Crippen MR) is 133 cm³/mol. The first-order valence-corrected chi connectivity index (χ1v) is 13.6. The molecule has 0 radical (unpaired) electrons. The Kier molecular flexibility index (Phi) is 6.41. The van der Waals surface area contributed by atoms with Crippen molar-refractivity contribution in [3.05, 3.63) is 64.5 Å². The molecule has 2 fully saturated rings. The fourth-order valence-electron chi connectivity index (χ4n) is 5.48. The first-order chi connectivity index (χ1) is 16.8. The lowest BCUT2D eigenvalue weighted by Crippen LogP contribution is -2.40. The van der Waals surface area contributed by atoms with E-state index < -0.39 is 10.0 Å². The number of hydrogen-bond donors (Lipinski definition) is 0. The number of sulfonamides is 1. The van der Waals surface area contributed by atoms with Crippen LogP contribution in [-0.4, -0.2) is 72.5 Å². The van der Waals surface area contributed by atoms with E-state index in [0.717, 1.165) is 40.6 Å². The second-order valence-corrected chi connectivity index (χ2v) is 11.5. The first-order valence-electron chi connectivity index (χ1n) is 12.2. The largest absolute Gasteiger partial charge is 0.378 e. The Labute approximate surface area is 206 Å². The molecule has 1 amide bonds. The van der Waals surface area contributed by atoms with Crippen LogP contribution in [-0.2, 0) is 14.8 Å². The van der Waals surface area contributed by atoms with Gasteiger partial charge in [0.2, 0.25) is 10.0 Å². The number of pyridine rings is 1. The van der Waals surface area contributed by atoms with Crippen molar-refractivity contribution in [3.8, 4) is 0 Å². The lowest BCUT2D eigenvalue weighted by atomic mass is 9.90. The zero-order valence-corrected chi connectivity index (χ0v) is 21.3. The SMILES string of the molecule is Cc1cc(C)c(S(=O)(=O)N2CCC(c3ccn4ncc(C(=O)N5CCOCC5)c4c3)CC2)c(C)c1. The van der Waals surface area contributed by atoms with Crippen LogP contribution >= 0.6 is 0 Å². The molecular weight excluding hydrogens is 464 g/mol. The summed E-state index contributed by atoms with van der Waals surface area (Å²) in [7, 11) is -3.54. The summed E-state index contributed by atoms with van der Waals surface area (Å²) in [6, 6.07) is 7.95. The maximum Gasteiger partial charge on any atom is 0.257 e. The third kappa shape index (κ3) is 4.48. The highest BCUT2D eigenvalue weighted by Crippen LogP contribution is 2.33. The van der Waals surface area contributed by atoms with Crippen LogP contribution in [0.25, 0.3) is 5.52 Å². The van der Waals surface area contributed by atoms with Crippen molar-refractivity contribution in [2.24, 2.45) is 0 Å². The van der Waals surface area contributed by atoms with E-state index in [-0.39, 0.29) is 11.8 Å². The number of carbonyl (C=O) groups is 1.